The lowest BCUT2D eigenvalue weighted by Gasteiger charge is -2.22. The van der Waals surface area contributed by atoms with E-state index in [9.17, 15) is 8.42 Å². The first-order chi connectivity index (χ1) is 12.0. The van der Waals surface area contributed by atoms with Crippen LogP contribution >= 0.6 is 0 Å². The van der Waals surface area contributed by atoms with E-state index in [4.69, 9.17) is 0 Å². The number of benzene rings is 2. The van der Waals surface area contributed by atoms with Crippen molar-refractivity contribution < 1.29 is 8.42 Å². The van der Waals surface area contributed by atoms with Crippen molar-refractivity contribution in [2.45, 2.75) is 37.5 Å². The lowest BCUT2D eigenvalue weighted by atomic mass is 10.1. The summed E-state index contributed by atoms with van der Waals surface area (Å²) in [7, 11) is -3.42. The van der Waals surface area contributed by atoms with Gasteiger partial charge in [-0.05, 0) is 50.3 Å². The monoisotopic (exact) mass is 355 g/mol. The Hall–Kier alpha value is -2.07. The summed E-state index contributed by atoms with van der Waals surface area (Å²) in [4.78, 5) is 2.60. The SMILES string of the molecule is Cc1ccc(S(=O)(=O)/C=C(\CCc2ccccc2)N2CCCC2)cc1. The summed E-state index contributed by atoms with van der Waals surface area (Å²) < 4.78 is 25.6. The van der Waals surface area contributed by atoms with Gasteiger partial charge >= 0.3 is 0 Å². The van der Waals surface area contributed by atoms with Gasteiger partial charge in [0.05, 0.1) is 10.3 Å². The molecule has 25 heavy (non-hydrogen) atoms. The molecule has 0 radical (unpaired) electrons. The molecule has 0 aliphatic carbocycles. The second kappa shape index (κ2) is 7.87. The van der Waals surface area contributed by atoms with Crippen molar-refractivity contribution in [3.05, 3.63) is 76.8 Å². The van der Waals surface area contributed by atoms with Gasteiger partial charge < -0.3 is 4.90 Å². The molecule has 0 unspecified atom stereocenters. The number of aryl methyl sites for hydroxylation is 2. The van der Waals surface area contributed by atoms with Crippen molar-refractivity contribution in [2.24, 2.45) is 0 Å². The highest BCUT2D eigenvalue weighted by molar-refractivity contribution is 7.94. The summed E-state index contributed by atoms with van der Waals surface area (Å²) in [6.07, 6.45) is 3.86. The van der Waals surface area contributed by atoms with Crippen molar-refractivity contribution in [1.29, 1.82) is 0 Å². The molecule has 0 amide bonds. The third kappa shape index (κ3) is 4.73. The van der Waals surface area contributed by atoms with E-state index in [0.717, 1.165) is 50.0 Å². The third-order valence-electron chi connectivity index (χ3n) is 4.67. The van der Waals surface area contributed by atoms with Crippen molar-refractivity contribution in [2.75, 3.05) is 13.1 Å². The molecular weight excluding hydrogens is 330 g/mol. The Kier molecular flexibility index (Phi) is 5.59. The van der Waals surface area contributed by atoms with Crippen LogP contribution in [0.2, 0.25) is 0 Å². The lowest BCUT2D eigenvalue weighted by Crippen LogP contribution is -2.20. The first-order valence-electron chi connectivity index (χ1n) is 8.86. The molecule has 4 heteroatoms. The summed E-state index contributed by atoms with van der Waals surface area (Å²) in [6.45, 7) is 3.86. The molecule has 132 valence electrons. The third-order valence-corrected chi connectivity index (χ3v) is 6.18. The first-order valence-corrected chi connectivity index (χ1v) is 10.4. The van der Waals surface area contributed by atoms with Crippen LogP contribution in [0.25, 0.3) is 0 Å². The maximum atomic E-state index is 12.8. The fraction of sp³-hybridized carbons (Fsp3) is 0.333. The van der Waals surface area contributed by atoms with Gasteiger partial charge in [-0.15, -0.1) is 0 Å². The Bertz CT molecular complexity index is 818. The van der Waals surface area contributed by atoms with Gasteiger partial charge in [-0.1, -0.05) is 48.0 Å². The van der Waals surface area contributed by atoms with E-state index in [1.807, 2.05) is 37.3 Å². The van der Waals surface area contributed by atoms with Crippen LogP contribution in [-0.4, -0.2) is 26.4 Å². The zero-order valence-corrected chi connectivity index (χ0v) is 15.5. The van der Waals surface area contributed by atoms with Crippen LogP contribution in [0.5, 0.6) is 0 Å². The van der Waals surface area contributed by atoms with Gasteiger partial charge in [0.1, 0.15) is 0 Å². The summed E-state index contributed by atoms with van der Waals surface area (Å²) in [5.41, 5.74) is 3.23. The van der Waals surface area contributed by atoms with Crippen LogP contribution in [0.1, 0.15) is 30.4 Å². The molecule has 2 aromatic carbocycles. The molecule has 0 N–H and O–H groups in total. The Morgan fingerprint density at radius 2 is 1.64 bits per heavy atom. The number of nitrogens with zero attached hydrogens (tertiary/aromatic N) is 1. The van der Waals surface area contributed by atoms with Gasteiger partial charge in [-0.3, -0.25) is 0 Å². The minimum atomic E-state index is -3.42. The minimum absolute atomic E-state index is 0.370. The molecule has 1 heterocycles. The van der Waals surface area contributed by atoms with Gasteiger partial charge in [-0.2, -0.15) is 0 Å². The van der Waals surface area contributed by atoms with Crippen LogP contribution in [0.4, 0.5) is 0 Å². The highest BCUT2D eigenvalue weighted by Gasteiger charge is 2.19. The van der Waals surface area contributed by atoms with E-state index in [1.165, 1.54) is 11.0 Å². The normalized spacial score (nSPS) is 15.6. The van der Waals surface area contributed by atoms with Crippen LogP contribution in [0.15, 0.2) is 70.6 Å². The lowest BCUT2D eigenvalue weighted by molar-refractivity contribution is 0.409. The van der Waals surface area contributed by atoms with Gasteiger partial charge in [0.15, 0.2) is 0 Å². The van der Waals surface area contributed by atoms with E-state index in [0.29, 0.717) is 4.90 Å². The average molecular weight is 356 g/mol. The molecule has 0 aromatic heterocycles. The fourth-order valence-corrected chi connectivity index (χ4v) is 4.46. The number of rotatable bonds is 6. The molecule has 0 saturated carbocycles. The maximum Gasteiger partial charge on any atom is 0.201 e. The Morgan fingerprint density at radius 3 is 2.28 bits per heavy atom. The number of hydrogen-bond donors (Lipinski definition) is 0. The zero-order chi connectivity index (χ0) is 17.7. The minimum Gasteiger partial charge on any atom is -0.374 e. The first kappa shape index (κ1) is 17.7. The molecule has 3 rings (SSSR count). The quantitative estimate of drug-likeness (QED) is 0.773. The molecule has 1 aliphatic rings. The number of hydrogen-bond acceptors (Lipinski definition) is 3. The Balaban J connectivity index is 1.84. The van der Waals surface area contributed by atoms with E-state index in [1.54, 1.807) is 12.1 Å². The Morgan fingerprint density at radius 1 is 1.00 bits per heavy atom. The molecule has 0 bridgehead atoms. The van der Waals surface area contributed by atoms with E-state index in [2.05, 4.69) is 17.0 Å². The second-order valence-corrected chi connectivity index (χ2v) is 8.44. The van der Waals surface area contributed by atoms with Crippen LogP contribution in [-0.2, 0) is 16.3 Å². The van der Waals surface area contributed by atoms with Crippen molar-refractivity contribution in [1.82, 2.24) is 4.90 Å². The highest BCUT2D eigenvalue weighted by atomic mass is 32.2. The molecular formula is C21H25NO2S. The predicted octanol–water partition coefficient (Wildman–Crippen LogP) is 4.34. The van der Waals surface area contributed by atoms with E-state index >= 15 is 0 Å². The number of likely N-dealkylation sites (tertiary alicyclic amines) is 1. The average Bonchev–Trinajstić information content (AvgIpc) is 3.14. The van der Waals surface area contributed by atoms with Crippen LogP contribution in [0, 0.1) is 6.92 Å². The maximum absolute atomic E-state index is 12.8. The summed E-state index contributed by atoms with van der Waals surface area (Å²) >= 11 is 0. The second-order valence-electron chi connectivity index (χ2n) is 6.65. The van der Waals surface area contributed by atoms with Gasteiger partial charge in [0.25, 0.3) is 0 Å². The standard InChI is InChI=1S/C21H25NO2S/c1-18-9-13-21(14-10-18)25(23,24)17-20(22-15-5-6-16-22)12-11-19-7-3-2-4-8-19/h2-4,7-10,13-14,17H,5-6,11-12,15-16H2,1H3/b20-17+. The molecule has 0 spiro atoms. The molecule has 1 fully saturated rings. The van der Waals surface area contributed by atoms with Gasteiger partial charge in [-0.25, -0.2) is 8.42 Å². The van der Waals surface area contributed by atoms with Gasteiger partial charge in [0.2, 0.25) is 9.84 Å². The summed E-state index contributed by atoms with van der Waals surface area (Å²) in [5.74, 6) is 0. The van der Waals surface area contributed by atoms with E-state index in [-0.39, 0.29) is 0 Å². The highest BCUT2D eigenvalue weighted by Crippen LogP contribution is 2.23. The topological polar surface area (TPSA) is 37.4 Å². The van der Waals surface area contributed by atoms with E-state index < -0.39 is 9.84 Å². The van der Waals surface area contributed by atoms with Crippen molar-refractivity contribution in [3.8, 4) is 0 Å². The molecule has 0 atom stereocenters. The smallest absolute Gasteiger partial charge is 0.201 e. The molecule has 1 aliphatic heterocycles. The molecule has 1 saturated heterocycles. The predicted molar refractivity (Wildman–Crippen MR) is 102 cm³/mol. The fourth-order valence-electron chi connectivity index (χ4n) is 3.19. The van der Waals surface area contributed by atoms with Crippen LogP contribution < -0.4 is 0 Å². The largest absolute Gasteiger partial charge is 0.374 e. The molecule has 2 aromatic rings. The van der Waals surface area contributed by atoms with Crippen molar-refractivity contribution in [3.63, 3.8) is 0 Å². The summed E-state index contributed by atoms with van der Waals surface area (Å²) in [5, 5.41) is 1.49. The van der Waals surface area contributed by atoms with Gasteiger partial charge in [0, 0.05) is 18.8 Å². The number of sulfone groups is 1. The Labute approximate surface area is 150 Å². The number of allylic oxidation sites excluding steroid dienone is 1. The van der Waals surface area contributed by atoms with Crippen molar-refractivity contribution >= 4 is 9.84 Å². The summed E-state index contributed by atoms with van der Waals surface area (Å²) in [6, 6.07) is 17.3. The molecule has 3 nitrogen and oxygen atoms in total. The van der Waals surface area contributed by atoms with Crippen LogP contribution in [0.3, 0.4) is 0 Å². The zero-order valence-electron chi connectivity index (χ0n) is 14.7.